The van der Waals surface area contributed by atoms with Crippen molar-refractivity contribution in [1.82, 2.24) is 5.32 Å². The molecule has 184 valence electrons. The molecule has 0 bridgehead atoms. The summed E-state index contributed by atoms with van der Waals surface area (Å²) in [6.45, 7) is 3.11. The maximum atomic E-state index is 12.3. The second-order valence-corrected chi connectivity index (χ2v) is 7.74. The Hall–Kier alpha value is -3.85. The fraction of sp³-hybridized carbons (Fsp3) is 0.231. The number of oxime groups is 1. The smallest absolute Gasteiger partial charge is 0.481 e. The van der Waals surface area contributed by atoms with Crippen LogP contribution in [0.25, 0.3) is 11.1 Å². The van der Waals surface area contributed by atoms with Crippen LogP contribution >= 0.6 is 0 Å². The number of aliphatic carboxylic acids is 1. The lowest BCUT2D eigenvalue weighted by atomic mass is 10.0. The van der Waals surface area contributed by atoms with Gasteiger partial charge in [-0.2, -0.15) is 0 Å². The molecule has 0 aliphatic carbocycles. The van der Waals surface area contributed by atoms with Crippen molar-refractivity contribution in [3.63, 3.8) is 0 Å². The summed E-state index contributed by atoms with van der Waals surface area (Å²) in [7, 11) is 0. The fourth-order valence-corrected chi connectivity index (χ4v) is 3.19. The maximum absolute atomic E-state index is 12.3. The Balaban J connectivity index is 1.49. The zero-order valence-corrected chi connectivity index (χ0v) is 19.0. The van der Waals surface area contributed by atoms with Gasteiger partial charge < -0.3 is 20.0 Å². The molecule has 35 heavy (non-hydrogen) atoms. The minimum absolute atomic E-state index is 0.0812. The van der Waals surface area contributed by atoms with E-state index in [9.17, 15) is 18.0 Å². The van der Waals surface area contributed by atoms with Gasteiger partial charge in [0.05, 0.1) is 12.1 Å². The van der Waals surface area contributed by atoms with Crippen molar-refractivity contribution in [3.05, 3.63) is 89.5 Å². The maximum Gasteiger partial charge on any atom is 0.573 e. The van der Waals surface area contributed by atoms with Crippen LogP contribution in [-0.4, -0.2) is 29.7 Å². The van der Waals surface area contributed by atoms with Crippen LogP contribution < -0.4 is 10.1 Å². The van der Waals surface area contributed by atoms with E-state index >= 15 is 0 Å². The Morgan fingerprint density at radius 1 is 0.914 bits per heavy atom. The van der Waals surface area contributed by atoms with Crippen molar-refractivity contribution < 1.29 is 32.6 Å². The Morgan fingerprint density at radius 3 is 2.06 bits per heavy atom. The zero-order valence-electron chi connectivity index (χ0n) is 19.0. The van der Waals surface area contributed by atoms with Crippen molar-refractivity contribution >= 4 is 11.7 Å². The van der Waals surface area contributed by atoms with E-state index in [0.717, 1.165) is 27.8 Å². The van der Waals surface area contributed by atoms with Gasteiger partial charge in [0.2, 0.25) is 0 Å². The molecule has 0 amide bonds. The summed E-state index contributed by atoms with van der Waals surface area (Å²) < 4.78 is 40.7. The van der Waals surface area contributed by atoms with Gasteiger partial charge in [-0.05, 0) is 46.9 Å². The summed E-state index contributed by atoms with van der Waals surface area (Å²) in [5.74, 6) is -1.09. The minimum atomic E-state index is -4.71. The Kier molecular flexibility index (Phi) is 8.86. The number of nitrogens with zero attached hydrogens (tertiary/aromatic N) is 1. The number of rotatable bonds is 11. The number of hydrogen-bond donors (Lipinski definition) is 2. The van der Waals surface area contributed by atoms with Crippen molar-refractivity contribution in [3.8, 4) is 16.9 Å². The molecular weight excluding hydrogens is 461 g/mol. The molecule has 3 rings (SSSR count). The Morgan fingerprint density at radius 2 is 1.49 bits per heavy atom. The van der Waals surface area contributed by atoms with Gasteiger partial charge in [-0.3, -0.25) is 4.79 Å². The van der Waals surface area contributed by atoms with Gasteiger partial charge in [0.15, 0.2) is 0 Å². The molecule has 0 spiro atoms. The lowest BCUT2D eigenvalue weighted by Gasteiger charge is -2.09. The molecule has 0 saturated carbocycles. The highest BCUT2D eigenvalue weighted by Crippen LogP contribution is 2.26. The molecule has 6 nitrogen and oxygen atoms in total. The standard InChI is InChI=1S/C26H25F3N2O4/c1-18(21-6-2-19(3-7-21)16-30-15-14-25(32)33)31-34-17-20-4-8-22(9-5-20)23-10-12-24(13-11-23)35-26(27,28)29/h2-13,30H,14-17H2,1H3,(H,32,33). The van der Waals surface area contributed by atoms with Gasteiger partial charge in [-0.15, -0.1) is 13.2 Å². The predicted octanol–water partition coefficient (Wildman–Crippen LogP) is 5.76. The number of carbonyl (C=O) groups is 1. The summed E-state index contributed by atoms with van der Waals surface area (Å²) in [4.78, 5) is 16.0. The summed E-state index contributed by atoms with van der Waals surface area (Å²) in [5.41, 5.74) is 5.17. The van der Waals surface area contributed by atoms with Crippen molar-refractivity contribution in [2.45, 2.75) is 32.9 Å². The van der Waals surface area contributed by atoms with Crippen LogP contribution in [0.4, 0.5) is 13.2 Å². The third-order valence-electron chi connectivity index (χ3n) is 5.02. The van der Waals surface area contributed by atoms with E-state index in [1.807, 2.05) is 55.5 Å². The van der Waals surface area contributed by atoms with Crippen molar-refractivity contribution in [2.75, 3.05) is 6.54 Å². The highest BCUT2D eigenvalue weighted by Gasteiger charge is 2.30. The van der Waals surface area contributed by atoms with E-state index in [1.54, 1.807) is 12.1 Å². The highest BCUT2D eigenvalue weighted by atomic mass is 19.4. The molecular formula is C26H25F3N2O4. The molecule has 0 aromatic heterocycles. The largest absolute Gasteiger partial charge is 0.573 e. The molecule has 0 atom stereocenters. The quantitative estimate of drug-likeness (QED) is 0.205. The van der Waals surface area contributed by atoms with Gasteiger partial charge in [0.25, 0.3) is 0 Å². The lowest BCUT2D eigenvalue weighted by molar-refractivity contribution is -0.274. The van der Waals surface area contributed by atoms with Crippen LogP contribution in [0, 0.1) is 0 Å². The molecule has 0 aliphatic heterocycles. The first-order valence-corrected chi connectivity index (χ1v) is 10.8. The topological polar surface area (TPSA) is 80.2 Å². The van der Waals surface area contributed by atoms with Crippen LogP contribution in [0.3, 0.4) is 0 Å². The van der Waals surface area contributed by atoms with Crippen LogP contribution in [0.5, 0.6) is 5.75 Å². The van der Waals surface area contributed by atoms with E-state index in [1.165, 1.54) is 12.1 Å². The number of alkyl halides is 3. The van der Waals surface area contributed by atoms with Gasteiger partial charge in [-0.25, -0.2) is 0 Å². The molecule has 3 aromatic carbocycles. The number of halogens is 3. The minimum Gasteiger partial charge on any atom is -0.481 e. The zero-order chi connectivity index (χ0) is 25.3. The normalized spacial score (nSPS) is 11.8. The van der Waals surface area contributed by atoms with Crippen molar-refractivity contribution in [1.29, 1.82) is 0 Å². The summed E-state index contributed by atoms with van der Waals surface area (Å²) >= 11 is 0. The molecule has 0 radical (unpaired) electrons. The molecule has 0 fully saturated rings. The first kappa shape index (κ1) is 25.8. The number of carboxylic acids is 1. The molecule has 0 saturated heterocycles. The SMILES string of the molecule is CC(=NOCc1ccc(-c2ccc(OC(F)(F)F)cc2)cc1)c1ccc(CNCCC(=O)O)cc1. The van der Waals surface area contributed by atoms with E-state index in [4.69, 9.17) is 9.94 Å². The van der Waals surface area contributed by atoms with Crippen molar-refractivity contribution in [2.24, 2.45) is 5.16 Å². The molecule has 0 heterocycles. The van der Waals surface area contributed by atoms with Gasteiger partial charge in [0, 0.05) is 13.1 Å². The second-order valence-electron chi connectivity index (χ2n) is 7.74. The van der Waals surface area contributed by atoms with Crippen LogP contribution in [0.2, 0.25) is 0 Å². The second kappa shape index (κ2) is 12.0. The molecule has 2 N–H and O–H groups in total. The van der Waals surface area contributed by atoms with E-state index in [-0.39, 0.29) is 18.8 Å². The Bertz CT molecular complexity index is 1130. The van der Waals surface area contributed by atoms with E-state index in [0.29, 0.717) is 18.8 Å². The number of ether oxygens (including phenoxy) is 1. The highest BCUT2D eigenvalue weighted by molar-refractivity contribution is 5.98. The molecule has 0 unspecified atom stereocenters. The Labute approximate surface area is 201 Å². The average molecular weight is 486 g/mol. The van der Waals surface area contributed by atoms with Crippen LogP contribution in [0.1, 0.15) is 30.0 Å². The third kappa shape index (κ3) is 8.78. The number of carboxylic acid groups (broad SMARTS) is 1. The molecule has 0 aliphatic rings. The molecule has 3 aromatic rings. The number of nitrogens with one attached hydrogen (secondary N) is 1. The van der Waals surface area contributed by atoms with E-state index < -0.39 is 12.3 Å². The molecule has 9 heteroatoms. The predicted molar refractivity (Wildman–Crippen MR) is 126 cm³/mol. The summed E-state index contributed by atoms with van der Waals surface area (Å²) in [6.07, 6.45) is -4.63. The van der Waals surface area contributed by atoms with Crippen LogP contribution in [-0.2, 0) is 22.8 Å². The summed E-state index contributed by atoms with van der Waals surface area (Å²) in [6, 6.07) is 20.9. The summed E-state index contributed by atoms with van der Waals surface area (Å²) in [5, 5.41) is 15.9. The fourth-order valence-electron chi connectivity index (χ4n) is 3.19. The monoisotopic (exact) mass is 486 g/mol. The van der Waals surface area contributed by atoms with Crippen LogP contribution in [0.15, 0.2) is 78.0 Å². The lowest BCUT2D eigenvalue weighted by Crippen LogP contribution is -2.17. The van der Waals surface area contributed by atoms with E-state index in [2.05, 4.69) is 15.2 Å². The van der Waals surface area contributed by atoms with Gasteiger partial charge in [-0.1, -0.05) is 65.8 Å². The number of hydrogen-bond acceptors (Lipinski definition) is 5. The first-order chi connectivity index (χ1) is 16.7. The van der Waals surface area contributed by atoms with Gasteiger partial charge >= 0.3 is 12.3 Å². The average Bonchev–Trinajstić information content (AvgIpc) is 2.82. The third-order valence-corrected chi connectivity index (χ3v) is 5.02. The van der Waals surface area contributed by atoms with Gasteiger partial charge in [0.1, 0.15) is 12.4 Å². The number of benzene rings is 3. The first-order valence-electron chi connectivity index (χ1n) is 10.8.